The quantitative estimate of drug-likeness (QED) is 0.816. The van der Waals surface area contributed by atoms with Gasteiger partial charge in [-0.3, -0.25) is 14.7 Å². The second-order valence-corrected chi connectivity index (χ2v) is 6.13. The highest BCUT2D eigenvalue weighted by molar-refractivity contribution is 6.34. The van der Waals surface area contributed by atoms with Crippen molar-refractivity contribution in [3.63, 3.8) is 0 Å². The van der Waals surface area contributed by atoms with Gasteiger partial charge in [0.25, 0.3) is 11.8 Å². The van der Waals surface area contributed by atoms with Gasteiger partial charge in [0, 0.05) is 19.2 Å². The molecule has 1 aromatic heterocycles. The van der Waals surface area contributed by atoms with Gasteiger partial charge in [-0.25, -0.2) is 8.78 Å². The van der Waals surface area contributed by atoms with Gasteiger partial charge in [-0.15, -0.1) is 0 Å². The zero-order valence-corrected chi connectivity index (χ0v) is 13.9. The van der Waals surface area contributed by atoms with E-state index in [1.807, 2.05) is 0 Å². The molecule has 1 saturated heterocycles. The monoisotopic (exact) mass is 368 g/mol. The number of halogens is 3. The van der Waals surface area contributed by atoms with Crippen molar-refractivity contribution in [2.24, 2.45) is 0 Å². The molecule has 1 aliphatic rings. The van der Waals surface area contributed by atoms with Crippen LogP contribution in [0, 0.1) is 11.6 Å². The molecule has 2 heterocycles. The third-order valence-electron chi connectivity index (χ3n) is 3.94. The summed E-state index contributed by atoms with van der Waals surface area (Å²) >= 11 is 5.77. The summed E-state index contributed by atoms with van der Waals surface area (Å²) in [7, 11) is 0. The molecule has 9 heteroatoms. The van der Waals surface area contributed by atoms with Crippen LogP contribution in [0.2, 0.25) is 5.02 Å². The van der Waals surface area contributed by atoms with Crippen molar-refractivity contribution < 1.29 is 18.4 Å². The molecule has 1 fully saturated rings. The summed E-state index contributed by atoms with van der Waals surface area (Å²) < 4.78 is 26.4. The number of H-pyrrole nitrogens is 1. The minimum absolute atomic E-state index is 0.158. The molecule has 2 amide bonds. The van der Waals surface area contributed by atoms with E-state index in [0.29, 0.717) is 19.2 Å². The van der Waals surface area contributed by atoms with E-state index in [9.17, 15) is 18.4 Å². The van der Waals surface area contributed by atoms with Crippen LogP contribution in [0.15, 0.2) is 18.2 Å². The molecule has 2 aromatic rings. The van der Waals surface area contributed by atoms with Gasteiger partial charge < -0.3 is 10.2 Å². The predicted octanol–water partition coefficient (Wildman–Crippen LogP) is 3.22. The molecule has 25 heavy (non-hydrogen) atoms. The molecule has 1 aliphatic heterocycles. The molecule has 132 valence electrons. The fraction of sp³-hybridized carbons (Fsp3) is 0.312. The van der Waals surface area contributed by atoms with Crippen LogP contribution in [-0.4, -0.2) is 40.0 Å². The molecule has 0 bridgehead atoms. The van der Waals surface area contributed by atoms with Crippen LogP contribution < -0.4 is 5.32 Å². The van der Waals surface area contributed by atoms with E-state index in [4.69, 9.17) is 11.6 Å². The van der Waals surface area contributed by atoms with Crippen molar-refractivity contribution >= 4 is 29.2 Å². The van der Waals surface area contributed by atoms with Crippen molar-refractivity contribution in [3.05, 3.63) is 46.1 Å². The number of nitrogens with zero attached hydrogens (tertiary/aromatic N) is 2. The topological polar surface area (TPSA) is 78.1 Å². The second-order valence-electron chi connectivity index (χ2n) is 5.72. The van der Waals surface area contributed by atoms with Crippen LogP contribution in [0.5, 0.6) is 0 Å². The lowest BCUT2D eigenvalue weighted by Crippen LogP contribution is -2.35. The Labute approximate surface area is 147 Å². The van der Waals surface area contributed by atoms with Crippen molar-refractivity contribution in [3.8, 4) is 0 Å². The summed E-state index contributed by atoms with van der Waals surface area (Å²) in [6.45, 7) is 1.36. The number of benzene rings is 1. The number of likely N-dealkylation sites (tertiary alicyclic amines) is 1. The number of amides is 2. The average molecular weight is 369 g/mol. The normalized spacial score (nSPS) is 14.4. The number of aromatic nitrogens is 2. The molecule has 0 spiro atoms. The van der Waals surface area contributed by atoms with Gasteiger partial charge in [0.1, 0.15) is 5.82 Å². The van der Waals surface area contributed by atoms with Crippen LogP contribution in [0.3, 0.4) is 0 Å². The number of piperidine rings is 1. The number of aromatic amines is 1. The van der Waals surface area contributed by atoms with Gasteiger partial charge in [-0.2, -0.15) is 5.10 Å². The summed E-state index contributed by atoms with van der Waals surface area (Å²) in [6.07, 6.45) is 3.00. The van der Waals surface area contributed by atoms with E-state index in [2.05, 4.69) is 15.5 Å². The maximum atomic E-state index is 13.3. The molecule has 2 N–H and O–H groups in total. The number of hydrogen-bond acceptors (Lipinski definition) is 3. The minimum atomic E-state index is -1.18. The van der Waals surface area contributed by atoms with Crippen LogP contribution in [0.1, 0.15) is 40.1 Å². The number of rotatable bonds is 3. The first-order valence-electron chi connectivity index (χ1n) is 7.76. The smallest absolute Gasteiger partial charge is 0.274 e. The molecular weight excluding hydrogens is 354 g/mol. The molecule has 3 rings (SSSR count). The summed E-state index contributed by atoms with van der Waals surface area (Å²) in [5.41, 5.74) is -0.0485. The molecule has 6 nitrogen and oxygen atoms in total. The maximum absolute atomic E-state index is 13.3. The summed E-state index contributed by atoms with van der Waals surface area (Å²) in [4.78, 5) is 26.2. The van der Waals surface area contributed by atoms with Gasteiger partial charge in [-0.05, 0) is 31.4 Å². The Hall–Kier alpha value is -2.48. The van der Waals surface area contributed by atoms with Gasteiger partial charge >= 0.3 is 0 Å². The second kappa shape index (κ2) is 7.18. The Morgan fingerprint density at radius 2 is 1.80 bits per heavy atom. The first-order chi connectivity index (χ1) is 12.0. The molecule has 0 aliphatic carbocycles. The van der Waals surface area contributed by atoms with E-state index in [1.54, 1.807) is 4.90 Å². The van der Waals surface area contributed by atoms with Crippen molar-refractivity contribution in [2.45, 2.75) is 19.3 Å². The number of nitrogens with one attached hydrogen (secondary N) is 2. The average Bonchev–Trinajstić information content (AvgIpc) is 3.06. The van der Waals surface area contributed by atoms with Gasteiger partial charge in [0.15, 0.2) is 17.3 Å². The Balaban J connectivity index is 1.72. The fourth-order valence-corrected chi connectivity index (χ4v) is 2.88. The zero-order valence-electron chi connectivity index (χ0n) is 13.1. The highest BCUT2D eigenvalue weighted by Crippen LogP contribution is 2.21. The Kier molecular flexibility index (Phi) is 4.98. The Bertz CT molecular complexity index is 818. The Morgan fingerprint density at radius 1 is 1.12 bits per heavy atom. The standard InChI is InChI=1S/C16H15ClF2N4O2/c17-10-7-12(19)11(18)6-9(10)15(24)20-14-8-13(21-22-14)16(25)23-4-2-1-3-5-23/h6-8H,1-5H2,(H2,20,21,22,24). The lowest BCUT2D eigenvalue weighted by molar-refractivity contribution is 0.0718. The summed E-state index contributed by atoms with van der Waals surface area (Å²) in [6, 6.07) is 2.83. The molecule has 0 radical (unpaired) electrons. The molecule has 0 unspecified atom stereocenters. The first kappa shape index (κ1) is 17.3. The largest absolute Gasteiger partial charge is 0.337 e. The first-order valence-corrected chi connectivity index (χ1v) is 8.14. The Morgan fingerprint density at radius 3 is 2.52 bits per heavy atom. The third kappa shape index (κ3) is 3.79. The van der Waals surface area contributed by atoms with E-state index >= 15 is 0 Å². The number of anilines is 1. The lowest BCUT2D eigenvalue weighted by Gasteiger charge is -2.25. The number of carbonyl (C=O) groups is 2. The predicted molar refractivity (Wildman–Crippen MR) is 87.7 cm³/mol. The number of hydrogen-bond donors (Lipinski definition) is 2. The van der Waals surface area contributed by atoms with E-state index in [-0.39, 0.29) is 28.0 Å². The fourth-order valence-electron chi connectivity index (χ4n) is 2.64. The highest BCUT2D eigenvalue weighted by Gasteiger charge is 2.21. The lowest BCUT2D eigenvalue weighted by atomic mass is 10.1. The van der Waals surface area contributed by atoms with Gasteiger partial charge in [-0.1, -0.05) is 11.6 Å². The number of carbonyl (C=O) groups excluding carboxylic acids is 2. The van der Waals surface area contributed by atoms with E-state index in [0.717, 1.165) is 25.3 Å². The van der Waals surface area contributed by atoms with Crippen LogP contribution in [0.25, 0.3) is 0 Å². The minimum Gasteiger partial charge on any atom is -0.337 e. The van der Waals surface area contributed by atoms with Crippen LogP contribution in [0.4, 0.5) is 14.6 Å². The van der Waals surface area contributed by atoms with Crippen LogP contribution >= 0.6 is 11.6 Å². The highest BCUT2D eigenvalue weighted by atomic mass is 35.5. The van der Waals surface area contributed by atoms with Crippen molar-refractivity contribution in [1.82, 2.24) is 15.1 Å². The molecule has 1 aromatic carbocycles. The van der Waals surface area contributed by atoms with Gasteiger partial charge in [0.05, 0.1) is 10.6 Å². The SMILES string of the molecule is O=C(Nc1cc(C(=O)N2CCCCC2)n[nH]1)c1cc(F)c(F)cc1Cl. The van der Waals surface area contributed by atoms with Crippen molar-refractivity contribution in [1.29, 1.82) is 0 Å². The maximum Gasteiger partial charge on any atom is 0.274 e. The summed E-state index contributed by atoms with van der Waals surface area (Å²) in [5, 5.41) is 8.63. The summed E-state index contributed by atoms with van der Waals surface area (Å²) in [5.74, 6) is -3.13. The molecule has 0 saturated carbocycles. The van der Waals surface area contributed by atoms with Crippen molar-refractivity contribution in [2.75, 3.05) is 18.4 Å². The third-order valence-corrected chi connectivity index (χ3v) is 4.26. The molecule has 0 atom stereocenters. The zero-order chi connectivity index (χ0) is 18.0. The molecular formula is C16H15ClF2N4O2. The van der Waals surface area contributed by atoms with E-state index in [1.165, 1.54) is 6.07 Å². The van der Waals surface area contributed by atoms with Crippen LogP contribution in [-0.2, 0) is 0 Å². The van der Waals surface area contributed by atoms with Gasteiger partial charge in [0.2, 0.25) is 0 Å². The van der Waals surface area contributed by atoms with E-state index < -0.39 is 17.5 Å².